The molecule has 1 atom stereocenters. The van der Waals surface area contributed by atoms with Crippen LogP contribution in [0.15, 0.2) is 27.7 Å². The molecule has 0 saturated carbocycles. The Hall–Kier alpha value is -1.36. The molecular formula is C12H11BrN2O2. The number of amidine groups is 1. The van der Waals surface area contributed by atoms with E-state index in [1.165, 1.54) is 0 Å². The zero-order valence-electron chi connectivity index (χ0n) is 9.06. The Morgan fingerprint density at radius 3 is 3.12 bits per heavy atom. The van der Waals surface area contributed by atoms with E-state index in [0.717, 1.165) is 28.0 Å². The molecule has 5 heteroatoms. The number of aliphatic carboxylic acids is 1. The molecular weight excluding hydrogens is 284 g/mol. The Balaban J connectivity index is 2.00. The summed E-state index contributed by atoms with van der Waals surface area (Å²) in [6, 6.07) is 5.52. The fourth-order valence-electron chi connectivity index (χ4n) is 2.44. The van der Waals surface area contributed by atoms with E-state index >= 15 is 0 Å². The minimum absolute atomic E-state index is 0.416. The molecule has 1 aromatic carbocycles. The van der Waals surface area contributed by atoms with Crippen LogP contribution in [0.5, 0.6) is 0 Å². The Kier molecular flexibility index (Phi) is 2.43. The number of carbonyl (C=O) groups is 1. The van der Waals surface area contributed by atoms with Gasteiger partial charge in [-0.05, 0) is 30.2 Å². The summed E-state index contributed by atoms with van der Waals surface area (Å²) < 4.78 is 1.00. The maximum Gasteiger partial charge on any atom is 0.326 e. The summed E-state index contributed by atoms with van der Waals surface area (Å²) in [6.45, 7) is 0.643. The SMILES string of the molecule is O=C(O)[C@@H]1CCC2=Nc3ccc(Br)cc3CN21. The van der Waals surface area contributed by atoms with Gasteiger partial charge in [-0.15, -0.1) is 0 Å². The molecule has 88 valence electrons. The lowest BCUT2D eigenvalue weighted by Gasteiger charge is -2.28. The van der Waals surface area contributed by atoms with Crippen molar-refractivity contribution in [3.05, 3.63) is 28.2 Å². The van der Waals surface area contributed by atoms with Crippen molar-refractivity contribution in [2.75, 3.05) is 0 Å². The number of benzene rings is 1. The highest BCUT2D eigenvalue weighted by molar-refractivity contribution is 9.10. The van der Waals surface area contributed by atoms with Gasteiger partial charge in [-0.3, -0.25) is 0 Å². The normalized spacial score (nSPS) is 21.8. The van der Waals surface area contributed by atoms with Gasteiger partial charge in [-0.1, -0.05) is 15.9 Å². The molecule has 0 aliphatic carbocycles. The fraction of sp³-hybridized carbons (Fsp3) is 0.333. The van der Waals surface area contributed by atoms with Crippen molar-refractivity contribution >= 4 is 33.4 Å². The predicted molar refractivity (Wildman–Crippen MR) is 67.4 cm³/mol. The number of fused-ring (bicyclic) bond motifs is 2. The predicted octanol–water partition coefficient (Wildman–Crippen LogP) is 2.54. The van der Waals surface area contributed by atoms with Crippen molar-refractivity contribution in [1.82, 2.24) is 4.90 Å². The maximum absolute atomic E-state index is 11.1. The van der Waals surface area contributed by atoms with Crippen LogP contribution in [0.2, 0.25) is 0 Å². The summed E-state index contributed by atoms with van der Waals surface area (Å²) in [7, 11) is 0. The van der Waals surface area contributed by atoms with Crippen molar-refractivity contribution in [3.63, 3.8) is 0 Å². The highest BCUT2D eigenvalue weighted by atomic mass is 79.9. The molecule has 4 nitrogen and oxygen atoms in total. The average Bonchev–Trinajstić information content (AvgIpc) is 2.68. The second kappa shape index (κ2) is 3.84. The first kappa shape index (κ1) is 10.8. The molecule has 0 radical (unpaired) electrons. The lowest BCUT2D eigenvalue weighted by molar-refractivity contribution is -0.141. The third-order valence-electron chi connectivity index (χ3n) is 3.27. The Morgan fingerprint density at radius 1 is 1.53 bits per heavy atom. The van der Waals surface area contributed by atoms with Crippen LogP contribution < -0.4 is 0 Å². The molecule has 0 unspecified atom stereocenters. The number of carboxylic acids is 1. The monoisotopic (exact) mass is 294 g/mol. The van der Waals surface area contributed by atoms with Gasteiger partial charge in [-0.2, -0.15) is 0 Å². The Bertz CT molecular complexity index is 527. The van der Waals surface area contributed by atoms with Crippen LogP contribution in [0.1, 0.15) is 18.4 Å². The van der Waals surface area contributed by atoms with Crippen molar-refractivity contribution < 1.29 is 9.90 Å². The molecule has 0 amide bonds. The molecule has 17 heavy (non-hydrogen) atoms. The van der Waals surface area contributed by atoms with E-state index in [1.807, 2.05) is 23.1 Å². The van der Waals surface area contributed by atoms with Gasteiger partial charge in [0.15, 0.2) is 0 Å². The minimum Gasteiger partial charge on any atom is -0.480 e. The molecule has 1 aromatic rings. The largest absolute Gasteiger partial charge is 0.480 e. The second-order valence-electron chi connectivity index (χ2n) is 4.32. The number of rotatable bonds is 1. The second-order valence-corrected chi connectivity index (χ2v) is 5.24. The van der Waals surface area contributed by atoms with Crippen LogP contribution >= 0.6 is 15.9 Å². The zero-order chi connectivity index (χ0) is 12.0. The average molecular weight is 295 g/mol. The quantitative estimate of drug-likeness (QED) is 0.866. The van der Waals surface area contributed by atoms with Gasteiger partial charge in [-0.25, -0.2) is 9.79 Å². The molecule has 0 aromatic heterocycles. The van der Waals surface area contributed by atoms with Crippen LogP contribution in [-0.2, 0) is 11.3 Å². The third-order valence-corrected chi connectivity index (χ3v) is 3.76. The maximum atomic E-state index is 11.1. The lowest BCUT2D eigenvalue weighted by atomic mass is 10.1. The lowest BCUT2D eigenvalue weighted by Crippen LogP contribution is -2.39. The van der Waals surface area contributed by atoms with E-state index in [0.29, 0.717) is 13.0 Å². The van der Waals surface area contributed by atoms with Gasteiger partial charge in [0.2, 0.25) is 0 Å². The van der Waals surface area contributed by atoms with E-state index in [1.54, 1.807) is 0 Å². The smallest absolute Gasteiger partial charge is 0.326 e. The van der Waals surface area contributed by atoms with Crippen molar-refractivity contribution in [2.45, 2.75) is 25.4 Å². The summed E-state index contributed by atoms with van der Waals surface area (Å²) >= 11 is 3.42. The van der Waals surface area contributed by atoms with E-state index in [-0.39, 0.29) is 0 Å². The minimum atomic E-state index is -0.756. The molecule has 1 N–H and O–H groups in total. The Labute approximate surface area is 107 Å². The van der Waals surface area contributed by atoms with Gasteiger partial charge >= 0.3 is 5.97 Å². The number of hydrogen-bond donors (Lipinski definition) is 1. The van der Waals surface area contributed by atoms with E-state index in [2.05, 4.69) is 20.9 Å². The summed E-state index contributed by atoms with van der Waals surface area (Å²) in [5, 5.41) is 9.15. The first-order valence-electron chi connectivity index (χ1n) is 5.50. The molecule has 0 bridgehead atoms. The first-order chi connectivity index (χ1) is 8.15. The number of carboxylic acid groups (broad SMARTS) is 1. The van der Waals surface area contributed by atoms with Gasteiger partial charge < -0.3 is 10.0 Å². The molecule has 2 aliphatic rings. The number of halogens is 1. The summed E-state index contributed by atoms with van der Waals surface area (Å²) in [5.41, 5.74) is 2.04. The number of nitrogens with zero attached hydrogens (tertiary/aromatic N) is 2. The van der Waals surface area contributed by atoms with Crippen molar-refractivity contribution in [2.24, 2.45) is 4.99 Å². The highest BCUT2D eigenvalue weighted by Crippen LogP contribution is 2.34. The van der Waals surface area contributed by atoms with Gasteiger partial charge in [0, 0.05) is 17.4 Å². The highest BCUT2D eigenvalue weighted by Gasteiger charge is 2.36. The van der Waals surface area contributed by atoms with Crippen LogP contribution in [0.3, 0.4) is 0 Å². The standard InChI is InChI=1S/C12H11BrN2O2/c13-8-1-2-9-7(5-8)6-15-10(12(16)17)3-4-11(15)14-9/h1-2,5,10H,3-4,6H2,(H,16,17)/t10-/m0/s1. The van der Waals surface area contributed by atoms with Crippen molar-refractivity contribution in [1.29, 1.82) is 0 Å². The van der Waals surface area contributed by atoms with Crippen LogP contribution in [0.4, 0.5) is 5.69 Å². The topological polar surface area (TPSA) is 52.9 Å². The van der Waals surface area contributed by atoms with E-state index in [9.17, 15) is 4.79 Å². The van der Waals surface area contributed by atoms with E-state index < -0.39 is 12.0 Å². The van der Waals surface area contributed by atoms with E-state index in [4.69, 9.17) is 5.11 Å². The molecule has 1 fully saturated rings. The summed E-state index contributed by atoms with van der Waals surface area (Å²) in [6.07, 6.45) is 1.41. The van der Waals surface area contributed by atoms with Gasteiger partial charge in [0.1, 0.15) is 11.9 Å². The number of aliphatic imine (C=N–C) groups is 1. The number of hydrogen-bond acceptors (Lipinski definition) is 3. The molecule has 0 spiro atoms. The van der Waals surface area contributed by atoms with Gasteiger partial charge in [0.05, 0.1) is 5.69 Å². The van der Waals surface area contributed by atoms with Crippen LogP contribution in [-0.4, -0.2) is 27.9 Å². The molecule has 2 heterocycles. The fourth-order valence-corrected chi connectivity index (χ4v) is 2.84. The van der Waals surface area contributed by atoms with Crippen LogP contribution in [0, 0.1) is 0 Å². The Morgan fingerprint density at radius 2 is 2.35 bits per heavy atom. The first-order valence-corrected chi connectivity index (χ1v) is 6.30. The zero-order valence-corrected chi connectivity index (χ0v) is 10.6. The van der Waals surface area contributed by atoms with Crippen molar-refractivity contribution in [3.8, 4) is 0 Å². The van der Waals surface area contributed by atoms with Gasteiger partial charge in [0.25, 0.3) is 0 Å². The molecule has 3 rings (SSSR count). The third kappa shape index (κ3) is 1.74. The van der Waals surface area contributed by atoms with Crippen LogP contribution in [0.25, 0.3) is 0 Å². The molecule has 1 saturated heterocycles. The summed E-state index contributed by atoms with van der Waals surface area (Å²) in [4.78, 5) is 17.6. The molecule has 2 aliphatic heterocycles. The summed E-state index contributed by atoms with van der Waals surface area (Å²) in [5.74, 6) is 0.154.